The Kier molecular flexibility index (Phi) is 6.16. The summed E-state index contributed by atoms with van der Waals surface area (Å²) in [6.07, 6.45) is 0. The molecule has 0 spiro atoms. The Morgan fingerprint density at radius 1 is 1.11 bits per heavy atom. The number of aliphatic hydroxyl groups excluding tert-OH is 2. The summed E-state index contributed by atoms with van der Waals surface area (Å²) in [6.45, 7) is 2.09. The number of halogens is 1. The molecule has 0 aliphatic carbocycles. The van der Waals surface area contributed by atoms with Gasteiger partial charge in [-0.1, -0.05) is 28.1 Å². The number of rotatable bonds is 6. The van der Waals surface area contributed by atoms with Crippen LogP contribution in [0.2, 0.25) is 0 Å². The zero-order chi connectivity index (χ0) is 20.3. The van der Waals surface area contributed by atoms with Crippen molar-refractivity contribution in [2.45, 2.75) is 13.0 Å². The molecule has 28 heavy (non-hydrogen) atoms. The fourth-order valence-electron chi connectivity index (χ4n) is 3.24. The first kappa shape index (κ1) is 20.1. The van der Waals surface area contributed by atoms with Crippen LogP contribution in [0.1, 0.15) is 24.1 Å². The Morgan fingerprint density at radius 3 is 2.32 bits per heavy atom. The SMILES string of the molecule is CCOc1ccc(C(O)=C2C(=O)C(=O)N(CCO)C2c2ccc(Br)cc2)cc1. The summed E-state index contributed by atoms with van der Waals surface area (Å²) in [5.41, 5.74) is 1.08. The van der Waals surface area contributed by atoms with Crippen molar-refractivity contribution in [1.29, 1.82) is 0 Å². The third-order valence-electron chi connectivity index (χ3n) is 4.51. The number of ketones is 1. The van der Waals surface area contributed by atoms with Gasteiger partial charge in [0.2, 0.25) is 0 Å². The lowest BCUT2D eigenvalue weighted by Gasteiger charge is -2.24. The van der Waals surface area contributed by atoms with E-state index in [1.807, 2.05) is 6.92 Å². The van der Waals surface area contributed by atoms with Crippen LogP contribution in [-0.4, -0.2) is 46.6 Å². The Morgan fingerprint density at radius 2 is 1.75 bits per heavy atom. The van der Waals surface area contributed by atoms with Crippen LogP contribution in [0.15, 0.2) is 58.6 Å². The van der Waals surface area contributed by atoms with Gasteiger partial charge < -0.3 is 19.8 Å². The van der Waals surface area contributed by atoms with Gasteiger partial charge in [-0.05, 0) is 48.9 Å². The van der Waals surface area contributed by atoms with Crippen LogP contribution in [0.5, 0.6) is 5.75 Å². The minimum absolute atomic E-state index is 0.00457. The second-order valence-electron chi connectivity index (χ2n) is 6.23. The molecule has 1 aliphatic heterocycles. The van der Waals surface area contributed by atoms with Gasteiger partial charge in [-0.2, -0.15) is 0 Å². The van der Waals surface area contributed by atoms with Crippen LogP contribution in [0.4, 0.5) is 0 Å². The number of hydrogen-bond donors (Lipinski definition) is 2. The summed E-state index contributed by atoms with van der Waals surface area (Å²) in [4.78, 5) is 26.5. The van der Waals surface area contributed by atoms with Crippen molar-refractivity contribution in [2.75, 3.05) is 19.8 Å². The Hall–Kier alpha value is -2.64. The minimum atomic E-state index is -0.771. The highest BCUT2D eigenvalue weighted by Gasteiger charge is 2.45. The van der Waals surface area contributed by atoms with E-state index in [1.165, 1.54) is 4.90 Å². The van der Waals surface area contributed by atoms with Gasteiger partial charge in [0.05, 0.1) is 24.8 Å². The van der Waals surface area contributed by atoms with E-state index < -0.39 is 17.7 Å². The first-order valence-electron chi connectivity index (χ1n) is 8.86. The molecule has 1 heterocycles. The second-order valence-corrected chi connectivity index (χ2v) is 7.14. The summed E-state index contributed by atoms with van der Waals surface area (Å²) in [6, 6.07) is 13.0. The number of carbonyl (C=O) groups excluding carboxylic acids is 2. The van der Waals surface area contributed by atoms with Gasteiger partial charge in [-0.25, -0.2) is 0 Å². The van der Waals surface area contributed by atoms with Crippen LogP contribution in [0, 0.1) is 0 Å². The largest absolute Gasteiger partial charge is 0.507 e. The van der Waals surface area contributed by atoms with Crippen molar-refractivity contribution in [3.05, 3.63) is 69.7 Å². The predicted octanol–water partition coefficient (Wildman–Crippen LogP) is 3.26. The fourth-order valence-corrected chi connectivity index (χ4v) is 3.51. The van der Waals surface area contributed by atoms with E-state index >= 15 is 0 Å². The summed E-state index contributed by atoms with van der Waals surface area (Å²) < 4.78 is 6.24. The molecular weight excluding hydrogens is 426 g/mol. The van der Waals surface area contributed by atoms with Gasteiger partial charge in [-0.15, -0.1) is 0 Å². The van der Waals surface area contributed by atoms with Gasteiger partial charge in [0.15, 0.2) is 0 Å². The zero-order valence-electron chi connectivity index (χ0n) is 15.3. The lowest BCUT2D eigenvalue weighted by Crippen LogP contribution is -2.32. The van der Waals surface area contributed by atoms with Gasteiger partial charge >= 0.3 is 0 Å². The van der Waals surface area contributed by atoms with E-state index in [1.54, 1.807) is 48.5 Å². The Labute approximate surface area is 171 Å². The fraction of sp³-hybridized carbons (Fsp3) is 0.238. The van der Waals surface area contributed by atoms with Crippen LogP contribution >= 0.6 is 15.9 Å². The highest BCUT2D eigenvalue weighted by molar-refractivity contribution is 9.10. The molecule has 0 bridgehead atoms. The average Bonchev–Trinajstić information content (AvgIpc) is 2.94. The van der Waals surface area contributed by atoms with E-state index in [0.717, 1.165) is 4.47 Å². The monoisotopic (exact) mass is 445 g/mol. The number of hydrogen-bond acceptors (Lipinski definition) is 5. The van der Waals surface area contributed by atoms with Crippen molar-refractivity contribution in [3.63, 3.8) is 0 Å². The van der Waals surface area contributed by atoms with Crippen molar-refractivity contribution in [2.24, 2.45) is 0 Å². The zero-order valence-corrected chi connectivity index (χ0v) is 16.8. The lowest BCUT2D eigenvalue weighted by molar-refractivity contribution is -0.140. The highest BCUT2D eigenvalue weighted by Crippen LogP contribution is 2.39. The number of carbonyl (C=O) groups is 2. The van der Waals surface area contributed by atoms with Crippen molar-refractivity contribution in [1.82, 2.24) is 4.90 Å². The highest BCUT2D eigenvalue weighted by atomic mass is 79.9. The molecule has 6 nitrogen and oxygen atoms in total. The molecule has 1 atom stereocenters. The molecule has 1 aliphatic rings. The maximum absolute atomic E-state index is 12.7. The van der Waals surface area contributed by atoms with Crippen LogP contribution in [-0.2, 0) is 9.59 Å². The topological polar surface area (TPSA) is 87.1 Å². The van der Waals surface area contributed by atoms with Gasteiger partial charge in [0.25, 0.3) is 11.7 Å². The first-order chi connectivity index (χ1) is 13.5. The van der Waals surface area contributed by atoms with Gasteiger partial charge in [0, 0.05) is 16.6 Å². The molecule has 1 amide bonds. The quantitative estimate of drug-likeness (QED) is 0.404. The summed E-state index contributed by atoms with van der Waals surface area (Å²) in [7, 11) is 0. The van der Waals surface area contributed by atoms with Gasteiger partial charge in [0.1, 0.15) is 11.5 Å². The molecule has 0 saturated carbocycles. The van der Waals surface area contributed by atoms with Crippen molar-refractivity contribution >= 4 is 33.4 Å². The van der Waals surface area contributed by atoms with E-state index in [2.05, 4.69) is 15.9 Å². The molecule has 0 radical (unpaired) electrons. The summed E-state index contributed by atoms with van der Waals surface area (Å²) in [5, 5.41) is 20.2. The third-order valence-corrected chi connectivity index (χ3v) is 5.03. The lowest BCUT2D eigenvalue weighted by atomic mass is 9.95. The van der Waals surface area contributed by atoms with Crippen molar-refractivity contribution < 1.29 is 24.5 Å². The molecule has 1 fully saturated rings. The Balaban J connectivity index is 2.10. The van der Waals surface area contributed by atoms with Crippen molar-refractivity contribution in [3.8, 4) is 5.75 Å². The average molecular weight is 446 g/mol. The van der Waals surface area contributed by atoms with Gasteiger partial charge in [-0.3, -0.25) is 9.59 Å². The molecule has 2 N–H and O–H groups in total. The third kappa shape index (κ3) is 3.81. The number of β-amino-alcohol motifs (C(OH)–C–C–N with tert-alkyl or cyclic N) is 1. The normalized spacial score (nSPS) is 18.5. The number of aliphatic hydroxyl groups is 2. The molecule has 7 heteroatoms. The number of ether oxygens (including phenoxy) is 1. The smallest absolute Gasteiger partial charge is 0.295 e. The summed E-state index contributed by atoms with van der Waals surface area (Å²) >= 11 is 3.36. The van der Waals surface area contributed by atoms with Crippen LogP contribution in [0.3, 0.4) is 0 Å². The number of nitrogens with zero attached hydrogens (tertiary/aromatic N) is 1. The van der Waals surface area contributed by atoms with E-state index in [0.29, 0.717) is 23.5 Å². The number of benzene rings is 2. The minimum Gasteiger partial charge on any atom is -0.507 e. The van der Waals surface area contributed by atoms with Crippen LogP contribution < -0.4 is 4.74 Å². The molecule has 2 aromatic rings. The number of likely N-dealkylation sites (tertiary alicyclic amines) is 1. The maximum atomic E-state index is 12.7. The summed E-state index contributed by atoms with van der Waals surface area (Å²) in [5.74, 6) is -1.12. The maximum Gasteiger partial charge on any atom is 0.295 e. The molecule has 0 aromatic heterocycles. The second kappa shape index (κ2) is 8.58. The molecule has 3 rings (SSSR count). The van der Waals surface area contributed by atoms with Crippen LogP contribution in [0.25, 0.3) is 5.76 Å². The van der Waals surface area contributed by atoms with E-state index in [4.69, 9.17) is 4.74 Å². The molecular formula is C21H20BrNO5. The number of Topliss-reactive ketones (excluding diaryl/α,β-unsaturated/α-hetero) is 1. The molecule has 2 aromatic carbocycles. The van der Waals surface area contributed by atoms with E-state index in [9.17, 15) is 19.8 Å². The molecule has 1 saturated heterocycles. The predicted molar refractivity (Wildman–Crippen MR) is 108 cm³/mol. The Bertz CT molecular complexity index is 905. The standard InChI is InChI=1S/C21H20BrNO5/c1-2-28-16-9-5-14(6-10-16)19(25)17-18(13-3-7-15(22)8-4-13)23(11-12-24)21(27)20(17)26/h3-10,18,24-25H,2,11-12H2,1H3. The first-order valence-corrected chi connectivity index (χ1v) is 9.65. The van der Waals surface area contributed by atoms with E-state index in [-0.39, 0.29) is 24.5 Å². The molecule has 146 valence electrons. The molecule has 1 unspecified atom stereocenters. The number of amides is 1.